The first-order chi connectivity index (χ1) is 9.54. The number of aromatic carboxylic acids is 1. The first kappa shape index (κ1) is 14.1. The Balaban J connectivity index is 2.57. The van der Waals surface area contributed by atoms with E-state index in [0.717, 1.165) is 0 Å². The van der Waals surface area contributed by atoms with Gasteiger partial charge in [-0.05, 0) is 18.1 Å². The summed E-state index contributed by atoms with van der Waals surface area (Å²) >= 11 is 0. The number of hydrogen-bond acceptors (Lipinski definition) is 4. The van der Waals surface area contributed by atoms with Crippen LogP contribution in [0, 0.1) is 5.92 Å². The molecule has 5 nitrogen and oxygen atoms in total. The van der Waals surface area contributed by atoms with Crippen LogP contribution in [-0.4, -0.2) is 23.3 Å². The van der Waals surface area contributed by atoms with Gasteiger partial charge in [-0.15, -0.1) is 0 Å². The zero-order valence-corrected chi connectivity index (χ0v) is 11.7. The maximum absolute atomic E-state index is 11.5. The molecule has 106 valence electrons. The molecule has 1 N–H and O–H groups in total. The lowest BCUT2D eigenvalue weighted by atomic mass is 10.0. The molecule has 0 bridgehead atoms. The summed E-state index contributed by atoms with van der Waals surface area (Å²) in [5.41, 5.74) is 1.04. The fraction of sp³-hybridized carbons (Fsp3) is 0.333. The molecule has 5 heteroatoms. The van der Waals surface area contributed by atoms with Gasteiger partial charge in [0.25, 0.3) is 0 Å². The predicted octanol–water partition coefficient (Wildman–Crippen LogP) is 3.25. The van der Waals surface area contributed by atoms with Gasteiger partial charge in [0.15, 0.2) is 5.76 Å². The zero-order valence-electron chi connectivity index (χ0n) is 11.7. The Hall–Kier alpha value is -2.30. The molecule has 1 heterocycles. The van der Waals surface area contributed by atoms with Gasteiger partial charge in [0, 0.05) is 12.0 Å². The van der Waals surface area contributed by atoms with Crippen LogP contribution in [-0.2, 0) is 6.42 Å². The van der Waals surface area contributed by atoms with E-state index in [1.165, 1.54) is 7.11 Å². The van der Waals surface area contributed by atoms with Gasteiger partial charge in [-0.2, -0.15) is 0 Å². The summed E-state index contributed by atoms with van der Waals surface area (Å²) in [5, 5.41) is 13.4. The van der Waals surface area contributed by atoms with E-state index < -0.39 is 5.97 Å². The van der Waals surface area contributed by atoms with E-state index in [1.54, 1.807) is 18.2 Å². The van der Waals surface area contributed by atoms with Crippen molar-refractivity contribution < 1.29 is 19.2 Å². The van der Waals surface area contributed by atoms with E-state index in [9.17, 15) is 9.90 Å². The van der Waals surface area contributed by atoms with Crippen LogP contribution >= 0.6 is 0 Å². The highest BCUT2D eigenvalue weighted by Crippen LogP contribution is 2.33. The third kappa shape index (κ3) is 2.66. The van der Waals surface area contributed by atoms with Crippen molar-refractivity contribution in [2.24, 2.45) is 5.92 Å². The molecule has 2 aromatic rings. The Kier molecular flexibility index (Phi) is 4.08. The van der Waals surface area contributed by atoms with Crippen molar-refractivity contribution in [3.8, 4) is 17.0 Å². The number of nitrogens with zero attached hydrogens (tertiary/aromatic N) is 1. The quantitative estimate of drug-likeness (QED) is 0.906. The SMILES string of the molecule is COc1ccccc1-c1noc(CC(C)C)c1C(=O)O. The average Bonchev–Trinajstić information content (AvgIpc) is 2.81. The molecule has 0 atom stereocenters. The molecule has 0 saturated carbocycles. The predicted molar refractivity (Wildman–Crippen MR) is 74.0 cm³/mol. The first-order valence-electron chi connectivity index (χ1n) is 6.39. The number of para-hydroxylation sites is 1. The molecule has 0 aliphatic rings. The average molecular weight is 275 g/mol. The second-order valence-corrected chi connectivity index (χ2v) is 4.93. The van der Waals surface area contributed by atoms with Crippen LogP contribution in [0.2, 0.25) is 0 Å². The maximum Gasteiger partial charge on any atom is 0.341 e. The summed E-state index contributed by atoms with van der Waals surface area (Å²) < 4.78 is 10.5. The van der Waals surface area contributed by atoms with Crippen LogP contribution in [0.5, 0.6) is 5.75 Å². The summed E-state index contributed by atoms with van der Waals surface area (Å²) in [6, 6.07) is 7.15. The van der Waals surface area contributed by atoms with E-state index in [4.69, 9.17) is 9.26 Å². The van der Waals surface area contributed by atoms with Crippen molar-refractivity contribution in [2.45, 2.75) is 20.3 Å². The number of carboxylic acids is 1. The molecule has 0 radical (unpaired) electrons. The van der Waals surface area contributed by atoms with Crippen molar-refractivity contribution in [2.75, 3.05) is 7.11 Å². The Morgan fingerprint density at radius 2 is 2.10 bits per heavy atom. The van der Waals surface area contributed by atoms with E-state index in [-0.39, 0.29) is 11.5 Å². The Morgan fingerprint density at radius 3 is 2.70 bits per heavy atom. The van der Waals surface area contributed by atoms with Gasteiger partial charge in [-0.3, -0.25) is 0 Å². The van der Waals surface area contributed by atoms with Gasteiger partial charge in [0.2, 0.25) is 0 Å². The molecule has 0 saturated heterocycles. The lowest BCUT2D eigenvalue weighted by Crippen LogP contribution is -2.04. The molecular weight excluding hydrogens is 258 g/mol. The highest BCUT2D eigenvalue weighted by Gasteiger charge is 2.25. The van der Waals surface area contributed by atoms with Crippen molar-refractivity contribution >= 4 is 5.97 Å². The largest absolute Gasteiger partial charge is 0.496 e. The van der Waals surface area contributed by atoms with Gasteiger partial charge >= 0.3 is 5.97 Å². The first-order valence-corrected chi connectivity index (χ1v) is 6.39. The fourth-order valence-corrected chi connectivity index (χ4v) is 2.08. The molecule has 0 spiro atoms. The highest BCUT2D eigenvalue weighted by atomic mass is 16.5. The van der Waals surface area contributed by atoms with E-state index in [1.807, 2.05) is 19.9 Å². The molecule has 1 aromatic heterocycles. The standard InChI is InChI=1S/C15H17NO4/c1-9(2)8-12-13(15(17)18)14(16-20-12)10-6-4-5-7-11(10)19-3/h4-7,9H,8H2,1-3H3,(H,17,18). The van der Waals surface area contributed by atoms with Crippen molar-refractivity contribution in [1.29, 1.82) is 0 Å². The van der Waals surface area contributed by atoms with Gasteiger partial charge < -0.3 is 14.4 Å². The number of benzene rings is 1. The molecule has 0 aliphatic heterocycles. The number of carbonyl (C=O) groups is 1. The minimum Gasteiger partial charge on any atom is -0.496 e. The number of hydrogen-bond donors (Lipinski definition) is 1. The maximum atomic E-state index is 11.5. The normalized spacial score (nSPS) is 10.8. The summed E-state index contributed by atoms with van der Waals surface area (Å²) in [6.45, 7) is 3.99. The summed E-state index contributed by atoms with van der Waals surface area (Å²) in [4.78, 5) is 11.5. The number of methoxy groups -OCH3 is 1. The summed E-state index contributed by atoms with van der Waals surface area (Å²) in [7, 11) is 1.54. The molecule has 0 aliphatic carbocycles. The number of carboxylic acid groups (broad SMARTS) is 1. The van der Waals surface area contributed by atoms with Crippen LogP contribution in [0.25, 0.3) is 11.3 Å². The number of aromatic nitrogens is 1. The van der Waals surface area contributed by atoms with Crippen LogP contribution in [0.1, 0.15) is 30.0 Å². The topological polar surface area (TPSA) is 72.6 Å². The smallest absolute Gasteiger partial charge is 0.341 e. The van der Waals surface area contributed by atoms with Crippen molar-refractivity contribution in [3.05, 3.63) is 35.6 Å². The minimum absolute atomic E-state index is 0.114. The molecule has 1 aromatic carbocycles. The van der Waals surface area contributed by atoms with Crippen molar-refractivity contribution in [1.82, 2.24) is 5.16 Å². The monoisotopic (exact) mass is 275 g/mol. The molecule has 0 amide bonds. The van der Waals surface area contributed by atoms with Gasteiger partial charge in [0.1, 0.15) is 17.0 Å². The summed E-state index contributed by atoms with van der Waals surface area (Å²) in [5.74, 6) is 0.210. The Labute approximate surface area is 117 Å². The van der Waals surface area contributed by atoms with E-state index in [2.05, 4.69) is 5.16 Å². The molecule has 0 unspecified atom stereocenters. The van der Waals surface area contributed by atoms with Gasteiger partial charge in [-0.1, -0.05) is 31.1 Å². The highest BCUT2D eigenvalue weighted by molar-refractivity contribution is 5.96. The van der Waals surface area contributed by atoms with E-state index >= 15 is 0 Å². The van der Waals surface area contributed by atoms with Gasteiger partial charge in [-0.25, -0.2) is 4.79 Å². The molecular formula is C15H17NO4. The minimum atomic E-state index is -1.04. The summed E-state index contributed by atoms with van der Waals surface area (Å²) in [6.07, 6.45) is 0.532. The fourth-order valence-electron chi connectivity index (χ4n) is 2.08. The Morgan fingerprint density at radius 1 is 1.40 bits per heavy atom. The third-order valence-electron chi connectivity index (χ3n) is 2.93. The second kappa shape index (κ2) is 5.77. The Bertz CT molecular complexity index is 616. The van der Waals surface area contributed by atoms with Crippen LogP contribution < -0.4 is 4.74 Å². The van der Waals surface area contributed by atoms with E-state index in [0.29, 0.717) is 29.2 Å². The number of rotatable bonds is 5. The van der Waals surface area contributed by atoms with Crippen LogP contribution in [0.15, 0.2) is 28.8 Å². The lowest BCUT2D eigenvalue weighted by Gasteiger charge is -2.06. The second-order valence-electron chi connectivity index (χ2n) is 4.93. The van der Waals surface area contributed by atoms with Crippen molar-refractivity contribution in [3.63, 3.8) is 0 Å². The third-order valence-corrected chi connectivity index (χ3v) is 2.93. The number of ether oxygens (including phenoxy) is 1. The molecule has 20 heavy (non-hydrogen) atoms. The van der Waals surface area contributed by atoms with Crippen LogP contribution in [0.4, 0.5) is 0 Å². The zero-order chi connectivity index (χ0) is 14.7. The molecule has 0 fully saturated rings. The van der Waals surface area contributed by atoms with Crippen LogP contribution in [0.3, 0.4) is 0 Å². The van der Waals surface area contributed by atoms with Gasteiger partial charge in [0.05, 0.1) is 7.11 Å². The lowest BCUT2D eigenvalue weighted by molar-refractivity contribution is 0.0695. The molecule has 2 rings (SSSR count).